The van der Waals surface area contributed by atoms with E-state index in [0.717, 1.165) is 13.0 Å². The van der Waals surface area contributed by atoms with Gasteiger partial charge in [-0.3, -0.25) is 4.79 Å². The van der Waals surface area contributed by atoms with Crippen LogP contribution in [0.2, 0.25) is 0 Å². The first kappa shape index (κ1) is 17.7. The van der Waals surface area contributed by atoms with Crippen LogP contribution in [0.4, 0.5) is 0 Å². The third-order valence-electron chi connectivity index (χ3n) is 5.11. The molecule has 0 radical (unpaired) electrons. The Bertz CT molecular complexity index is 319. The lowest BCUT2D eigenvalue weighted by atomic mass is 9.54. The predicted octanol–water partition coefficient (Wildman–Crippen LogP) is 2.34. The molecule has 0 aromatic carbocycles. The van der Waals surface area contributed by atoms with Gasteiger partial charge in [0.1, 0.15) is 0 Å². The predicted molar refractivity (Wildman–Crippen MR) is 83.0 cm³/mol. The van der Waals surface area contributed by atoms with Crippen LogP contribution in [0, 0.1) is 5.41 Å². The molecule has 2 fully saturated rings. The van der Waals surface area contributed by atoms with Gasteiger partial charge in [0.25, 0.3) is 0 Å². The number of ether oxygens (including phenoxy) is 1. The summed E-state index contributed by atoms with van der Waals surface area (Å²) in [6.07, 6.45) is 8.12. The minimum absolute atomic E-state index is 0. The molecule has 4 nitrogen and oxygen atoms in total. The highest BCUT2D eigenvalue weighted by Crippen LogP contribution is 2.55. The van der Waals surface area contributed by atoms with Crippen molar-refractivity contribution in [3.8, 4) is 0 Å². The zero-order chi connectivity index (χ0) is 13.9. The lowest BCUT2D eigenvalue weighted by Crippen LogP contribution is -2.65. The van der Waals surface area contributed by atoms with E-state index in [-0.39, 0.29) is 23.7 Å². The van der Waals surface area contributed by atoms with Gasteiger partial charge in [-0.25, -0.2) is 0 Å². The van der Waals surface area contributed by atoms with E-state index in [1.807, 2.05) is 11.9 Å². The summed E-state index contributed by atoms with van der Waals surface area (Å²) in [6, 6.07) is 0.364. The maximum atomic E-state index is 12.1. The number of hydrogen-bond donors (Lipinski definition) is 1. The fourth-order valence-electron chi connectivity index (χ4n) is 4.04. The summed E-state index contributed by atoms with van der Waals surface area (Å²) in [4.78, 5) is 14.0. The van der Waals surface area contributed by atoms with Crippen molar-refractivity contribution in [3.63, 3.8) is 0 Å². The summed E-state index contributed by atoms with van der Waals surface area (Å²) in [5.41, 5.74) is 5.73. The Hall–Kier alpha value is -0.320. The highest BCUT2D eigenvalue weighted by Gasteiger charge is 2.57. The van der Waals surface area contributed by atoms with Gasteiger partial charge in [0.2, 0.25) is 5.91 Å². The molecule has 1 spiro atoms. The molecule has 1 amide bonds. The Morgan fingerprint density at radius 3 is 2.55 bits per heavy atom. The first-order valence-corrected chi connectivity index (χ1v) is 7.73. The van der Waals surface area contributed by atoms with Crippen LogP contribution in [0.25, 0.3) is 0 Å². The van der Waals surface area contributed by atoms with Gasteiger partial charge in [-0.1, -0.05) is 19.3 Å². The fourth-order valence-corrected chi connectivity index (χ4v) is 4.04. The van der Waals surface area contributed by atoms with E-state index in [4.69, 9.17) is 10.5 Å². The highest BCUT2D eigenvalue weighted by atomic mass is 35.5. The monoisotopic (exact) mass is 304 g/mol. The van der Waals surface area contributed by atoms with Crippen LogP contribution in [-0.2, 0) is 9.53 Å². The van der Waals surface area contributed by atoms with Gasteiger partial charge in [-0.2, -0.15) is 0 Å². The first-order valence-electron chi connectivity index (χ1n) is 7.73. The Morgan fingerprint density at radius 1 is 1.35 bits per heavy atom. The molecule has 5 heteroatoms. The number of hydrogen-bond acceptors (Lipinski definition) is 3. The molecule has 20 heavy (non-hydrogen) atoms. The maximum Gasteiger partial charge on any atom is 0.223 e. The topological polar surface area (TPSA) is 55.6 Å². The van der Waals surface area contributed by atoms with Crippen molar-refractivity contribution in [2.24, 2.45) is 11.1 Å². The normalized spacial score (nSPS) is 27.6. The summed E-state index contributed by atoms with van der Waals surface area (Å²) in [5, 5.41) is 0. The minimum atomic E-state index is 0. The third-order valence-corrected chi connectivity index (χ3v) is 5.11. The van der Waals surface area contributed by atoms with Crippen molar-refractivity contribution >= 4 is 18.3 Å². The molecule has 0 aliphatic heterocycles. The van der Waals surface area contributed by atoms with E-state index in [1.54, 1.807) is 0 Å². The molecule has 2 aliphatic carbocycles. The van der Waals surface area contributed by atoms with Crippen LogP contribution in [0.5, 0.6) is 0 Å². The van der Waals surface area contributed by atoms with Gasteiger partial charge >= 0.3 is 0 Å². The van der Waals surface area contributed by atoms with Crippen molar-refractivity contribution in [1.82, 2.24) is 4.90 Å². The van der Waals surface area contributed by atoms with E-state index in [1.165, 1.54) is 32.1 Å². The van der Waals surface area contributed by atoms with Gasteiger partial charge in [0.05, 0.1) is 6.10 Å². The molecular formula is C15H29ClN2O2. The number of nitrogens with zero attached hydrogens (tertiary/aromatic N) is 1. The van der Waals surface area contributed by atoms with E-state index >= 15 is 0 Å². The fraction of sp³-hybridized carbons (Fsp3) is 0.933. The maximum absolute atomic E-state index is 12.1. The number of carbonyl (C=O) groups is 1. The number of amides is 1. The summed E-state index contributed by atoms with van der Waals surface area (Å²) in [6.45, 7) is 3.28. The van der Waals surface area contributed by atoms with Crippen molar-refractivity contribution in [2.75, 3.05) is 20.2 Å². The lowest BCUT2D eigenvalue weighted by Gasteiger charge is -2.60. The average molecular weight is 305 g/mol. The quantitative estimate of drug-likeness (QED) is 0.848. The molecule has 0 aromatic heterocycles. The molecule has 2 saturated carbocycles. The first-order chi connectivity index (χ1) is 9.15. The minimum Gasteiger partial charge on any atom is -0.378 e. The van der Waals surface area contributed by atoms with Crippen LogP contribution in [0.1, 0.15) is 51.9 Å². The molecule has 2 aliphatic rings. The Labute approximate surface area is 128 Å². The van der Waals surface area contributed by atoms with Crippen molar-refractivity contribution < 1.29 is 9.53 Å². The van der Waals surface area contributed by atoms with Crippen LogP contribution in [-0.4, -0.2) is 43.2 Å². The second-order valence-electron chi connectivity index (χ2n) is 6.03. The van der Waals surface area contributed by atoms with Crippen LogP contribution < -0.4 is 5.73 Å². The van der Waals surface area contributed by atoms with Gasteiger partial charge in [0, 0.05) is 38.1 Å². The largest absolute Gasteiger partial charge is 0.378 e. The zero-order valence-electron chi connectivity index (χ0n) is 12.8. The van der Waals surface area contributed by atoms with Crippen molar-refractivity contribution in [1.29, 1.82) is 0 Å². The van der Waals surface area contributed by atoms with E-state index in [2.05, 4.69) is 6.92 Å². The highest BCUT2D eigenvalue weighted by molar-refractivity contribution is 5.85. The molecular weight excluding hydrogens is 276 g/mol. The smallest absolute Gasteiger partial charge is 0.223 e. The zero-order valence-corrected chi connectivity index (χ0v) is 13.6. The third kappa shape index (κ3) is 3.12. The van der Waals surface area contributed by atoms with Crippen molar-refractivity contribution in [2.45, 2.75) is 64.0 Å². The molecule has 2 rings (SSSR count). The van der Waals surface area contributed by atoms with Crippen LogP contribution >= 0.6 is 12.4 Å². The second kappa shape index (κ2) is 7.62. The number of carbonyl (C=O) groups excluding carboxylic acids is 1. The summed E-state index contributed by atoms with van der Waals surface area (Å²) in [5.74, 6) is 0.187. The van der Waals surface area contributed by atoms with E-state index in [9.17, 15) is 4.79 Å². The number of nitrogens with two attached hydrogens (primary N) is 1. The van der Waals surface area contributed by atoms with Crippen LogP contribution in [0.3, 0.4) is 0 Å². The second-order valence-corrected chi connectivity index (χ2v) is 6.03. The molecule has 2 N–H and O–H groups in total. The Morgan fingerprint density at radius 2 is 2.00 bits per heavy atom. The summed E-state index contributed by atoms with van der Waals surface area (Å²) >= 11 is 0. The van der Waals surface area contributed by atoms with Gasteiger partial charge in [0.15, 0.2) is 0 Å². The van der Waals surface area contributed by atoms with E-state index < -0.39 is 0 Å². The van der Waals surface area contributed by atoms with Gasteiger partial charge < -0.3 is 15.4 Å². The van der Waals surface area contributed by atoms with Gasteiger partial charge in [-0.05, 0) is 26.2 Å². The number of rotatable bonds is 5. The molecule has 118 valence electrons. The molecule has 0 bridgehead atoms. The molecule has 2 unspecified atom stereocenters. The molecule has 0 aromatic rings. The number of halogens is 1. The lowest BCUT2D eigenvalue weighted by molar-refractivity contribution is -0.184. The molecule has 2 atom stereocenters. The standard InChI is InChI=1S/C15H28N2O2.ClH/c1-3-19-13-11-12(17(2)14(18)7-10-16)15(13)8-5-4-6-9-15;/h12-13H,3-11,16H2,1-2H3;1H. The van der Waals surface area contributed by atoms with Crippen molar-refractivity contribution in [3.05, 3.63) is 0 Å². The molecule has 0 saturated heterocycles. The molecule has 0 heterocycles. The Balaban J connectivity index is 0.00000200. The average Bonchev–Trinajstić information content (AvgIpc) is 2.43. The van der Waals surface area contributed by atoms with E-state index in [0.29, 0.717) is 25.1 Å². The van der Waals surface area contributed by atoms with Crippen LogP contribution in [0.15, 0.2) is 0 Å². The van der Waals surface area contributed by atoms with Gasteiger partial charge in [-0.15, -0.1) is 12.4 Å². The SMILES string of the molecule is CCOC1CC(N(C)C(=O)CCN)C12CCCCC2.Cl. The summed E-state index contributed by atoms with van der Waals surface area (Å²) in [7, 11) is 1.95. The summed E-state index contributed by atoms with van der Waals surface area (Å²) < 4.78 is 5.93. The Kier molecular flexibility index (Phi) is 6.76.